The van der Waals surface area contributed by atoms with Gasteiger partial charge in [-0.2, -0.15) is 5.10 Å². The summed E-state index contributed by atoms with van der Waals surface area (Å²) in [4.78, 5) is 12.0. The van der Waals surface area contributed by atoms with Gasteiger partial charge in [0.15, 0.2) is 5.78 Å². The second-order valence-electron chi connectivity index (χ2n) is 5.39. The van der Waals surface area contributed by atoms with Gasteiger partial charge in [0.2, 0.25) is 0 Å². The van der Waals surface area contributed by atoms with E-state index in [2.05, 4.69) is 52.9 Å². The van der Waals surface area contributed by atoms with Crippen LogP contribution in [0.25, 0.3) is 6.08 Å². The van der Waals surface area contributed by atoms with Crippen molar-refractivity contribution in [3.05, 3.63) is 73.2 Å². The summed E-state index contributed by atoms with van der Waals surface area (Å²) in [7, 11) is 1.77. The monoisotopic (exact) mass is 542 g/mol. The average molecular weight is 545 g/mol. The molecule has 2 heterocycles. The second-order valence-corrected chi connectivity index (χ2v) is 8.02. The van der Waals surface area contributed by atoms with E-state index in [1.54, 1.807) is 30.1 Å². The molecule has 0 aliphatic carbocycles. The van der Waals surface area contributed by atoms with Crippen LogP contribution in [0.5, 0.6) is 5.75 Å². The van der Waals surface area contributed by atoms with Gasteiger partial charge in [0, 0.05) is 17.7 Å². The molecule has 0 aliphatic heterocycles. The summed E-state index contributed by atoms with van der Waals surface area (Å²) in [5.74, 6) is 1.79. The molecule has 26 heavy (non-hydrogen) atoms. The quantitative estimate of drug-likeness (QED) is 0.292. The largest absolute Gasteiger partial charge is 0.483 e. The first-order valence-corrected chi connectivity index (χ1v) is 9.87. The van der Waals surface area contributed by atoms with Gasteiger partial charge in [-0.15, -0.1) is 0 Å². The molecule has 0 amide bonds. The van der Waals surface area contributed by atoms with Gasteiger partial charge in [0.25, 0.3) is 0 Å². The van der Waals surface area contributed by atoms with Crippen LogP contribution in [-0.4, -0.2) is 15.6 Å². The van der Waals surface area contributed by atoms with E-state index in [9.17, 15) is 4.79 Å². The second kappa shape index (κ2) is 8.37. The number of nitrogens with zero attached hydrogens (tertiary/aromatic N) is 2. The molecular weight excluding hydrogens is 532 g/mol. The number of ketones is 1. The highest BCUT2D eigenvalue weighted by Crippen LogP contribution is 2.36. The van der Waals surface area contributed by atoms with E-state index in [1.807, 2.05) is 18.2 Å². The third-order valence-electron chi connectivity index (χ3n) is 3.39. The van der Waals surface area contributed by atoms with Crippen molar-refractivity contribution in [1.29, 1.82) is 0 Å². The molecule has 0 radical (unpaired) electrons. The van der Waals surface area contributed by atoms with Crippen molar-refractivity contribution in [3.63, 3.8) is 0 Å². The maximum Gasteiger partial charge on any atom is 0.189 e. The number of allylic oxidation sites excluding steroid dienone is 1. The molecule has 134 valence electrons. The van der Waals surface area contributed by atoms with Crippen molar-refractivity contribution in [2.75, 3.05) is 0 Å². The van der Waals surface area contributed by atoms with E-state index in [4.69, 9.17) is 9.15 Å². The lowest BCUT2D eigenvalue weighted by Crippen LogP contribution is -1.95. The van der Waals surface area contributed by atoms with Crippen LogP contribution in [0.15, 0.2) is 60.6 Å². The van der Waals surface area contributed by atoms with Crippen LogP contribution in [0.3, 0.4) is 0 Å². The van der Waals surface area contributed by atoms with E-state index in [0.29, 0.717) is 22.8 Å². The zero-order valence-corrected chi connectivity index (χ0v) is 18.3. The van der Waals surface area contributed by atoms with Crippen molar-refractivity contribution in [3.8, 4) is 5.75 Å². The Balaban J connectivity index is 1.63. The Morgan fingerprint density at radius 2 is 2.00 bits per heavy atom. The number of ether oxygens (including phenoxy) is 1. The number of furan rings is 1. The summed E-state index contributed by atoms with van der Waals surface area (Å²) in [6.45, 7) is 0.267. The van der Waals surface area contributed by atoms with Gasteiger partial charge >= 0.3 is 0 Å². The Labute approximate surface area is 175 Å². The topological polar surface area (TPSA) is 57.3 Å². The standard InChI is InChI=1S/C18H13Br3N2O3/c1-23-9-11(8-22-23)17(24)5-4-13-2-3-14(26-13)10-25-18-15(20)6-12(19)7-16(18)21/h2-9H,10H2,1H3/b5-4+. The molecule has 0 spiro atoms. The smallest absolute Gasteiger partial charge is 0.189 e. The molecule has 1 aromatic carbocycles. The van der Waals surface area contributed by atoms with Crippen LogP contribution in [0.1, 0.15) is 21.9 Å². The highest BCUT2D eigenvalue weighted by atomic mass is 79.9. The minimum absolute atomic E-state index is 0.130. The molecule has 0 fully saturated rings. The van der Waals surface area contributed by atoms with Crippen LogP contribution in [0, 0.1) is 0 Å². The van der Waals surface area contributed by atoms with Gasteiger partial charge < -0.3 is 9.15 Å². The molecule has 0 N–H and O–H groups in total. The fourth-order valence-corrected chi connectivity index (χ4v) is 4.66. The zero-order valence-electron chi connectivity index (χ0n) is 13.6. The molecule has 0 atom stereocenters. The van der Waals surface area contributed by atoms with Crippen LogP contribution in [0.2, 0.25) is 0 Å². The lowest BCUT2D eigenvalue weighted by molar-refractivity contribution is 0.104. The summed E-state index contributed by atoms with van der Waals surface area (Å²) in [6.07, 6.45) is 6.29. The molecule has 2 aromatic heterocycles. The van der Waals surface area contributed by atoms with Crippen LogP contribution in [0.4, 0.5) is 0 Å². The van der Waals surface area contributed by atoms with Gasteiger partial charge in [0.1, 0.15) is 23.9 Å². The van der Waals surface area contributed by atoms with Crippen molar-refractivity contribution in [2.24, 2.45) is 7.05 Å². The number of aryl methyl sites for hydroxylation is 1. The highest BCUT2D eigenvalue weighted by molar-refractivity contribution is 9.11. The Bertz CT molecular complexity index is 953. The number of aromatic nitrogens is 2. The molecule has 0 aliphatic rings. The number of carbonyl (C=O) groups excluding carboxylic acids is 1. The van der Waals surface area contributed by atoms with Crippen molar-refractivity contribution in [1.82, 2.24) is 9.78 Å². The van der Waals surface area contributed by atoms with Gasteiger partial charge in [-0.1, -0.05) is 15.9 Å². The molecule has 3 aromatic rings. The maximum atomic E-state index is 12.0. The van der Waals surface area contributed by atoms with E-state index >= 15 is 0 Å². The van der Waals surface area contributed by atoms with Gasteiger partial charge in [-0.05, 0) is 68.3 Å². The molecule has 0 saturated heterocycles. The van der Waals surface area contributed by atoms with Crippen LogP contribution < -0.4 is 4.74 Å². The van der Waals surface area contributed by atoms with Gasteiger partial charge in [0.05, 0.1) is 20.7 Å². The van der Waals surface area contributed by atoms with Crippen molar-refractivity contribution >= 4 is 59.6 Å². The molecule has 3 rings (SSSR count). The fourth-order valence-electron chi connectivity index (χ4n) is 2.17. The predicted octanol–water partition coefficient (Wildman–Crippen LogP) is 5.78. The van der Waals surface area contributed by atoms with Gasteiger partial charge in [-0.25, -0.2) is 0 Å². The average Bonchev–Trinajstić information content (AvgIpc) is 3.20. The van der Waals surface area contributed by atoms with Crippen LogP contribution >= 0.6 is 47.8 Å². The number of halogens is 3. The Kier molecular flexibility index (Phi) is 6.16. The SMILES string of the molecule is Cn1cc(C(=O)/C=C/c2ccc(COc3c(Br)cc(Br)cc3Br)o2)cn1. The summed E-state index contributed by atoms with van der Waals surface area (Å²) >= 11 is 10.4. The van der Waals surface area contributed by atoms with E-state index in [0.717, 1.165) is 13.4 Å². The first-order valence-electron chi connectivity index (χ1n) is 7.49. The van der Waals surface area contributed by atoms with E-state index < -0.39 is 0 Å². The van der Waals surface area contributed by atoms with Crippen molar-refractivity contribution < 1.29 is 13.9 Å². The van der Waals surface area contributed by atoms with Gasteiger partial charge in [-0.3, -0.25) is 9.48 Å². The third-order valence-corrected chi connectivity index (χ3v) is 5.03. The number of hydrogen-bond acceptors (Lipinski definition) is 4. The summed E-state index contributed by atoms with van der Waals surface area (Å²) < 4.78 is 15.7. The third kappa shape index (κ3) is 4.75. The molecule has 0 bridgehead atoms. The fraction of sp³-hybridized carbons (Fsp3) is 0.111. The number of carbonyl (C=O) groups is 1. The summed E-state index contributed by atoms with van der Waals surface area (Å²) in [5.41, 5.74) is 0.531. The zero-order chi connectivity index (χ0) is 18.7. The lowest BCUT2D eigenvalue weighted by atomic mass is 10.2. The first-order chi connectivity index (χ1) is 12.4. The molecule has 8 heteroatoms. The highest BCUT2D eigenvalue weighted by Gasteiger charge is 2.10. The predicted molar refractivity (Wildman–Crippen MR) is 109 cm³/mol. The maximum absolute atomic E-state index is 12.0. The number of benzene rings is 1. The van der Waals surface area contributed by atoms with Crippen molar-refractivity contribution in [2.45, 2.75) is 6.61 Å². The Morgan fingerprint density at radius 3 is 2.65 bits per heavy atom. The van der Waals surface area contributed by atoms with Crippen LogP contribution in [-0.2, 0) is 13.7 Å². The van der Waals surface area contributed by atoms with E-state index in [1.165, 1.54) is 12.3 Å². The lowest BCUT2D eigenvalue weighted by Gasteiger charge is -2.09. The molecular formula is C18H13Br3N2O3. The summed E-state index contributed by atoms with van der Waals surface area (Å²) in [6, 6.07) is 7.41. The Hall–Kier alpha value is -1.64. The molecule has 0 saturated carbocycles. The molecule has 5 nitrogen and oxygen atoms in total. The normalized spacial score (nSPS) is 11.2. The first kappa shape index (κ1) is 19.1. The Morgan fingerprint density at radius 1 is 1.27 bits per heavy atom. The van der Waals surface area contributed by atoms with E-state index in [-0.39, 0.29) is 12.4 Å². The number of hydrogen-bond donors (Lipinski definition) is 0. The molecule has 0 unspecified atom stereocenters. The minimum atomic E-state index is -0.130. The minimum Gasteiger partial charge on any atom is -0.483 e. The number of rotatable bonds is 6. The summed E-state index contributed by atoms with van der Waals surface area (Å²) in [5, 5.41) is 3.98.